The molecule has 0 bridgehead atoms. The number of amides is 1. The van der Waals surface area contributed by atoms with Crippen LogP contribution in [-0.4, -0.2) is 53.9 Å². The summed E-state index contributed by atoms with van der Waals surface area (Å²) < 4.78 is 20.9. The van der Waals surface area contributed by atoms with E-state index in [0.29, 0.717) is 0 Å². The molecule has 2 aliphatic heterocycles. The van der Waals surface area contributed by atoms with Gasteiger partial charge in [-0.3, -0.25) is 19.2 Å². The van der Waals surface area contributed by atoms with Gasteiger partial charge in [0.2, 0.25) is 0 Å². The summed E-state index contributed by atoms with van der Waals surface area (Å²) in [6.45, 7) is 6.69. The average Bonchev–Trinajstić information content (AvgIpc) is 3.54. The van der Waals surface area contributed by atoms with Gasteiger partial charge in [0.25, 0.3) is 13.9 Å². The van der Waals surface area contributed by atoms with E-state index < -0.39 is 50.1 Å². The van der Waals surface area contributed by atoms with Crippen LogP contribution in [0.4, 0.5) is 4.79 Å². The number of H-pyrrole nitrogens is 1. The maximum absolute atomic E-state index is 13.3. The van der Waals surface area contributed by atoms with Crippen LogP contribution in [0.2, 0.25) is 5.04 Å². The fourth-order valence-corrected chi connectivity index (χ4v) is 11.1. The molecular weight excluding hydrogens is 658 g/mol. The maximum atomic E-state index is 13.3. The van der Waals surface area contributed by atoms with Crippen molar-refractivity contribution in [2.45, 2.75) is 56.9 Å². The van der Waals surface area contributed by atoms with Crippen LogP contribution in [0.15, 0.2) is 111 Å². The van der Waals surface area contributed by atoms with E-state index in [1.54, 1.807) is 0 Å². The highest BCUT2D eigenvalue weighted by molar-refractivity contribution is 9.10. The standard InChI is InChI=1S/C33H34BrN3O7Si/c1-33(2,3)45(23-15-9-5-10-16-23,24-17-11-6-12-18-24)42-21-26-28-27(30(43-26)36-19-25(34)29(38)35-31(36)39)37(32(40)44-28)41-20-22-13-7-4-8-14-22/h4-19,26-28,30H,20-21H2,1-3H3,(H,35,38,39)/t26-,27?,28?,30?/m1/s1. The third kappa shape index (κ3) is 5.84. The van der Waals surface area contributed by atoms with E-state index in [1.807, 2.05) is 66.7 Å². The van der Waals surface area contributed by atoms with Crippen molar-refractivity contribution in [1.82, 2.24) is 14.6 Å². The summed E-state index contributed by atoms with van der Waals surface area (Å²) in [6, 6.07) is 28.9. The summed E-state index contributed by atoms with van der Waals surface area (Å²) in [5.41, 5.74) is -0.420. The minimum atomic E-state index is -2.97. The zero-order valence-electron chi connectivity index (χ0n) is 25.1. The number of hydrogen-bond acceptors (Lipinski definition) is 7. The Hall–Kier alpha value is -3.81. The summed E-state index contributed by atoms with van der Waals surface area (Å²) in [7, 11) is -2.97. The molecule has 6 rings (SSSR count). The highest BCUT2D eigenvalue weighted by atomic mass is 79.9. The zero-order valence-corrected chi connectivity index (χ0v) is 27.7. The second-order valence-electron chi connectivity index (χ2n) is 12.1. The Bertz CT molecular complexity index is 1720. The van der Waals surface area contributed by atoms with Gasteiger partial charge in [0.05, 0.1) is 11.1 Å². The number of nitrogens with zero attached hydrogens (tertiary/aromatic N) is 2. The van der Waals surface area contributed by atoms with Crippen molar-refractivity contribution in [3.8, 4) is 0 Å². The Morgan fingerprint density at radius 1 is 0.889 bits per heavy atom. The van der Waals surface area contributed by atoms with Crippen LogP contribution in [-0.2, 0) is 25.3 Å². The lowest BCUT2D eigenvalue weighted by Gasteiger charge is -2.43. The number of aromatic nitrogens is 2. The van der Waals surface area contributed by atoms with Crippen LogP contribution in [0.25, 0.3) is 0 Å². The predicted molar refractivity (Wildman–Crippen MR) is 174 cm³/mol. The van der Waals surface area contributed by atoms with Crippen molar-refractivity contribution in [1.29, 1.82) is 0 Å². The number of nitrogens with one attached hydrogen (secondary N) is 1. The van der Waals surface area contributed by atoms with Gasteiger partial charge in [-0.15, -0.1) is 0 Å². The van der Waals surface area contributed by atoms with Gasteiger partial charge in [-0.25, -0.2) is 9.59 Å². The highest BCUT2D eigenvalue weighted by Crippen LogP contribution is 2.42. The molecule has 0 spiro atoms. The Labute approximate surface area is 269 Å². The Balaban J connectivity index is 1.37. The molecule has 234 valence electrons. The fourth-order valence-electron chi connectivity index (χ4n) is 6.24. The Kier molecular flexibility index (Phi) is 8.68. The molecule has 0 saturated carbocycles. The van der Waals surface area contributed by atoms with Crippen molar-refractivity contribution in [2.24, 2.45) is 0 Å². The summed E-state index contributed by atoms with van der Waals surface area (Å²) in [5, 5.41) is 3.01. The monoisotopic (exact) mass is 691 g/mol. The molecule has 2 saturated heterocycles. The first-order chi connectivity index (χ1) is 21.6. The molecular formula is C33H34BrN3O7Si. The smallest absolute Gasteiger partial charge is 0.434 e. The van der Waals surface area contributed by atoms with Crippen molar-refractivity contribution < 1.29 is 23.5 Å². The number of benzene rings is 3. The van der Waals surface area contributed by atoms with Gasteiger partial charge in [-0.2, -0.15) is 5.06 Å². The van der Waals surface area contributed by atoms with Gasteiger partial charge < -0.3 is 13.9 Å². The van der Waals surface area contributed by atoms with E-state index >= 15 is 0 Å². The van der Waals surface area contributed by atoms with Crippen LogP contribution >= 0.6 is 15.9 Å². The van der Waals surface area contributed by atoms with Crippen LogP contribution < -0.4 is 21.6 Å². The van der Waals surface area contributed by atoms with Gasteiger partial charge in [0, 0.05) is 6.20 Å². The third-order valence-corrected chi connectivity index (χ3v) is 13.9. The second-order valence-corrected chi connectivity index (χ2v) is 17.3. The van der Waals surface area contributed by atoms with E-state index in [2.05, 4.69) is 66.0 Å². The lowest BCUT2D eigenvalue weighted by molar-refractivity contribution is -0.169. The fraction of sp³-hybridized carbons (Fsp3) is 0.303. The van der Waals surface area contributed by atoms with E-state index in [1.165, 1.54) is 10.8 Å². The molecule has 0 aliphatic carbocycles. The lowest BCUT2D eigenvalue weighted by atomic mass is 10.1. The Morgan fingerprint density at radius 3 is 2.04 bits per heavy atom. The van der Waals surface area contributed by atoms with Crippen molar-refractivity contribution in [3.63, 3.8) is 0 Å². The summed E-state index contributed by atoms with van der Waals surface area (Å²) in [6.07, 6.45) is -1.96. The van der Waals surface area contributed by atoms with Gasteiger partial charge in [0.15, 0.2) is 12.3 Å². The maximum Gasteiger partial charge on any atom is 0.434 e. The molecule has 12 heteroatoms. The number of hydroxylamine groups is 2. The number of aromatic amines is 1. The van der Waals surface area contributed by atoms with Crippen molar-refractivity contribution in [3.05, 3.63) is 128 Å². The predicted octanol–water partition coefficient (Wildman–Crippen LogP) is 4.09. The second kappa shape index (κ2) is 12.5. The topological polar surface area (TPSA) is 112 Å². The average molecular weight is 693 g/mol. The molecule has 4 atom stereocenters. The number of carbonyl (C=O) groups is 1. The van der Waals surface area contributed by atoms with Crippen molar-refractivity contribution in [2.75, 3.05) is 6.61 Å². The molecule has 10 nitrogen and oxygen atoms in total. The first-order valence-electron chi connectivity index (χ1n) is 14.7. The zero-order chi connectivity index (χ0) is 31.8. The van der Waals surface area contributed by atoms with Crippen LogP contribution in [0.1, 0.15) is 32.6 Å². The van der Waals surface area contributed by atoms with E-state index in [4.69, 9.17) is 18.7 Å². The van der Waals surface area contributed by atoms with Gasteiger partial charge in [-0.1, -0.05) is 112 Å². The summed E-state index contributed by atoms with van der Waals surface area (Å²) in [5.74, 6) is 0. The largest absolute Gasteiger partial charge is 0.439 e. The molecule has 2 aliphatic rings. The molecule has 1 amide bonds. The van der Waals surface area contributed by atoms with Crippen molar-refractivity contribution >= 4 is 40.7 Å². The minimum Gasteiger partial charge on any atom is -0.439 e. The van der Waals surface area contributed by atoms with E-state index in [-0.39, 0.29) is 22.7 Å². The van der Waals surface area contributed by atoms with E-state index in [0.717, 1.165) is 21.0 Å². The first kappa shape index (κ1) is 31.2. The van der Waals surface area contributed by atoms with Crippen LogP contribution in [0.5, 0.6) is 0 Å². The van der Waals surface area contributed by atoms with Crippen LogP contribution in [0.3, 0.4) is 0 Å². The van der Waals surface area contributed by atoms with E-state index in [9.17, 15) is 14.4 Å². The molecule has 3 aromatic carbocycles. The lowest BCUT2D eigenvalue weighted by Crippen LogP contribution is -2.67. The number of rotatable bonds is 9. The van der Waals surface area contributed by atoms with Gasteiger partial charge in [-0.05, 0) is 36.9 Å². The SMILES string of the molecule is CC(C)(C)[Si](OC[C@H]1OC(n2cc(Br)c(=O)[nH]c2=O)C2C1OC(=O)N2OCc1ccccc1)(c1ccccc1)c1ccccc1. The highest BCUT2D eigenvalue weighted by Gasteiger charge is 2.60. The van der Waals surface area contributed by atoms with Gasteiger partial charge >= 0.3 is 11.8 Å². The summed E-state index contributed by atoms with van der Waals surface area (Å²) in [4.78, 5) is 46.8. The van der Waals surface area contributed by atoms with Gasteiger partial charge in [0.1, 0.15) is 18.8 Å². The third-order valence-electron chi connectivity index (χ3n) is 8.29. The molecule has 3 unspecified atom stereocenters. The Morgan fingerprint density at radius 2 is 1.47 bits per heavy atom. The first-order valence-corrected chi connectivity index (χ1v) is 17.4. The molecule has 1 N–H and O–H groups in total. The molecule has 1 aromatic heterocycles. The number of fused-ring (bicyclic) bond motifs is 1. The molecule has 4 aromatic rings. The number of carbonyl (C=O) groups excluding carboxylic acids is 1. The normalized spacial score (nSPS) is 21.5. The molecule has 3 heterocycles. The minimum absolute atomic E-state index is 0.0734. The quantitative estimate of drug-likeness (QED) is 0.263. The molecule has 2 fully saturated rings. The summed E-state index contributed by atoms with van der Waals surface area (Å²) >= 11 is 3.21. The number of hydrogen-bond donors (Lipinski definition) is 1. The number of halogens is 1. The number of ether oxygens (including phenoxy) is 2. The van der Waals surface area contributed by atoms with Crippen LogP contribution in [0, 0.1) is 0 Å². The molecule has 0 radical (unpaired) electrons. The molecule has 45 heavy (non-hydrogen) atoms.